The van der Waals surface area contributed by atoms with Crippen molar-refractivity contribution in [1.29, 1.82) is 0 Å². The molecular formula is C18H14Cl2N2O3S. The van der Waals surface area contributed by atoms with Gasteiger partial charge < -0.3 is 9.47 Å². The van der Waals surface area contributed by atoms with E-state index in [1.165, 1.54) is 17.4 Å². The standard InChI is InChI=1S/C18H14Cl2N2O3S/c1-24-15-6-3-10(7-16(15)25-2)14-9-26-18(21-14)22-17(23)12-8-11(19)4-5-13(12)20/h3-9H,1-2H3,(H,21,22,23). The highest BCUT2D eigenvalue weighted by molar-refractivity contribution is 7.14. The van der Waals surface area contributed by atoms with Crippen molar-refractivity contribution in [2.75, 3.05) is 19.5 Å². The van der Waals surface area contributed by atoms with Gasteiger partial charge in [0.1, 0.15) is 0 Å². The van der Waals surface area contributed by atoms with E-state index in [-0.39, 0.29) is 5.91 Å². The number of carbonyl (C=O) groups is 1. The first-order chi connectivity index (χ1) is 12.5. The number of thiazole rings is 1. The zero-order valence-electron chi connectivity index (χ0n) is 13.9. The van der Waals surface area contributed by atoms with Gasteiger partial charge >= 0.3 is 0 Å². The van der Waals surface area contributed by atoms with Crippen molar-refractivity contribution in [3.8, 4) is 22.8 Å². The van der Waals surface area contributed by atoms with E-state index in [0.717, 1.165) is 5.56 Å². The SMILES string of the molecule is COc1ccc(-c2csc(NC(=O)c3cc(Cl)ccc3Cl)n2)cc1OC. The Labute approximate surface area is 164 Å². The van der Waals surface area contributed by atoms with Crippen LogP contribution in [0.3, 0.4) is 0 Å². The molecule has 0 bridgehead atoms. The van der Waals surface area contributed by atoms with Crippen LogP contribution in [-0.4, -0.2) is 25.1 Å². The van der Waals surface area contributed by atoms with Crippen molar-refractivity contribution < 1.29 is 14.3 Å². The van der Waals surface area contributed by atoms with Crippen LogP contribution >= 0.6 is 34.5 Å². The summed E-state index contributed by atoms with van der Waals surface area (Å²) in [7, 11) is 3.15. The van der Waals surface area contributed by atoms with E-state index in [9.17, 15) is 4.79 Å². The molecule has 0 radical (unpaired) electrons. The van der Waals surface area contributed by atoms with Crippen LogP contribution in [0.2, 0.25) is 10.0 Å². The van der Waals surface area contributed by atoms with E-state index in [4.69, 9.17) is 32.7 Å². The summed E-state index contributed by atoms with van der Waals surface area (Å²) >= 11 is 13.3. The fraction of sp³-hybridized carbons (Fsp3) is 0.111. The number of anilines is 1. The number of nitrogens with one attached hydrogen (secondary N) is 1. The molecule has 0 aliphatic rings. The molecule has 26 heavy (non-hydrogen) atoms. The number of hydrogen-bond acceptors (Lipinski definition) is 5. The summed E-state index contributed by atoms with van der Waals surface area (Å²) in [6, 6.07) is 10.2. The molecule has 0 saturated carbocycles. The molecule has 0 unspecified atom stereocenters. The van der Waals surface area contributed by atoms with Crippen LogP contribution in [0, 0.1) is 0 Å². The van der Waals surface area contributed by atoms with Crippen LogP contribution < -0.4 is 14.8 Å². The minimum absolute atomic E-state index is 0.294. The lowest BCUT2D eigenvalue weighted by Crippen LogP contribution is -2.12. The lowest BCUT2D eigenvalue weighted by molar-refractivity contribution is 0.102. The molecule has 3 rings (SSSR count). The van der Waals surface area contributed by atoms with E-state index < -0.39 is 0 Å². The highest BCUT2D eigenvalue weighted by Gasteiger charge is 2.14. The summed E-state index contributed by atoms with van der Waals surface area (Å²) in [6.45, 7) is 0. The molecule has 0 atom stereocenters. The van der Waals surface area contributed by atoms with Crippen LogP contribution in [0.25, 0.3) is 11.3 Å². The second-order valence-corrected chi connectivity index (χ2v) is 6.89. The number of hydrogen-bond donors (Lipinski definition) is 1. The van der Waals surface area contributed by atoms with Crippen LogP contribution in [0.15, 0.2) is 41.8 Å². The number of nitrogens with zero attached hydrogens (tertiary/aromatic N) is 1. The maximum Gasteiger partial charge on any atom is 0.259 e. The third-order valence-electron chi connectivity index (χ3n) is 3.58. The number of halogens is 2. The second-order valence-electron chi connectivity index (χ2n) is 5.19. The van der Waals surface area contributed by atoms with Gasteiger partial charge in [-0.2, -0.15) is 0 Å². The van der Waals surface area contributed by atoms with Crippen LogP contribution in [0.4, 0.5) is 5.13 Å². The maximum absolute atomic E-state index is 12.4. The van der Waals surface area contributed by atoms with Crippen molar-refractivity contribution in [2.24, 2.45) is 0 Å². The van der Waals surface area contributed by atoms with Gasteiger partial charge in [0.05, 0.1) is 30.5 Å². The van der Waals surface area contributed by atoms with Gasteiger partial charge in [-0.05, 0) is 36.4 Å². The lowest BCUT2D eigenvalue weighted by Gasteiger charge is -2.08. The Bertz CT molecular complexity index is 959. The van der Waals surface area contributed by atoms with Gasteiger partial charge in [0.25, 0.3) is 5.91 Å². The first kappa shape index (κ1) is 18.5. The van der Waals surface area contributed by atoms with Gasteiger partial charge in [-0.15, -0.1) is 11.3 Å². The van der Waals surface area contributed by atoms with Gasteiger partial charge in [-0.1, -0.05) is 23.2 Å². The van der Waals surface area contributed by atoms with E-state index in [1.54, 1.807) is 32.4 Å². The first-order valence-corrected chi connectivity index (χ1v) is 9.09. The maximum atomic E-state index is 12.4. The predicted octanol–water partition coefficient (Wildman–Crippen LogP) is 5.39. The van der Waals surface area contributed by atoms with Crippen LogP contribution in [0.5, 0.6) is 11.5 Å². The quantitative estimate of drug-likeness (QED) is 0.614. The molecule has 0 spiro atoms. The largest absolute Gasteiger partial charge is 0.493 e. The van der Waals surface area contributed by atoms with Crippen LogP contribution in [0.1, 0.15) is 10.4 Å². The van der Waals surface area contributed by atoms with Crippen molar-refractivity contribution in [1.82, 2.24) is 4.98 Å². The third-order valence-corrected chi connectivity index (χ3v) is 4.90. The summed E-state index contributed by atoms with van der Waals surface area (Å²) in [4.78, 5) is 16.8. The fourth-order valence-electron chi connectivity index (χ4n) is 2.30. The first-order valence-electron chi connectivity index (χ1n) is 7.46. The molecule has 1 N–H and O–H groups in total. The third kappa shape index (κ3) is 3.93. The van der Waals surface area contributed by atoms with Crippen molar-refractivity contribution in [2.45, 2.75) is 0 Å². The summed E-state index contributed by atoms with van der Waals surface area (Å²) in [5.74, 6) is 0.871. The van der Waals surface area contributed by atoms with Crippen molar-refractivity contribution >= 4 is 45.6 Å². The molecule has 134 valence electrons. The Balaban J connectivity index is 1.82. The topological polar surface area (TPSA) is 60.5 Å². The zero-order valence-corrected chi connectivity index (χ0v) is 16.2. The van der Waals surface area contributed by atoms with Gasteiger partial charge in [0, 0.05) is 16.0 Å². The number of amides is 1. The molecule has 0 fully saturated rings. The van der Waals surface area contributed by atoms with Gasteiger partial charge in [-0.25, -0.2) is 4.98 Å². The number of aromatic nitrogens is 1. The molecule has 0 aliphatic heterocycles. The Kier molecular flexibility index (Phi) is 5.66. The van der Waals surface area contributed by atoms with Crippen molar-refractivity contribution in [3.63, 3.8) is 0 Å². The molecular weight excluding hydrogens is 395 g/mol. The summed E-state index contributed by atoms with van der Waals surface area (Å²) in [5.41, 5.74) is 1.85. The summed E-state index contributed by atoms with van der Waals surface area (Å²) in [6.07, 6.45) is 0. The van der Waals surface area contributed by atoms with E-state index in [1.807, 2.05) is 17.5 Å². The highest BCUT2D eigenvalue weighted by Crippen LogP contribution is 2.33. The molecule has 2 aromatic carbocycles. The Morgan fingerprint density at radius 1 is 1.08 bits per heavy atom. The van der Waals surface area contributed by atoms with Crippen LogP contribution in [-0.2, 0) is 0 Å². The van der Waals surface area contributed by atoms with E-state index >= 15 is 0 Å². The Morgan fingerprint density at radius 3 is 2.58 bits per heavy atom. The monoisotopic (exact) mass is 408 g/mol. The minimum atomic E-state index is -0.370. The Hall–Kier alpha value is -2.28. The minimum Gasteiger partial charge on any atom is -0.493 e. The number of rotatable bonds is 5. The molecule has 1 heterocycles. The zero-order chi connectivity index (χ0) is 18.7. The number of benzene rings is 2. The molecule has 3 aromatic rings. The van der Waals surface area contributed by atoms with E-state index in [2.05, 4.69) is 10.3 Å². The summed E-state index contributed by atoms with van der Waals surface area (Å²) in [5, 5.41) is 5.79. The molecule has 1 aromatic heterocycles. The fourth-order valence-corrected chi connectivity index (χ4v) is 3.39. The van der Waals surface area contributed by atoms with Gasteiger partial charge in [0.2, 0.25) is 0 Å². The Morgan fingerprint density at radius 2 is 1.85 bits per heavy atom. The number of carbonyl (C=O) groups excluding carboxylic acids is 1. The molecule has 0 saturated heterocycles. The highest BCUT2D eigenvalue weighted by atomic mass is 35.5. The average molecular weight is 409 g/mol. The second kappa shape index (κ2) is 7.95. The van der Waals surface area contributed by atoms with Gasteiger partial charge in [0.15, 0.2) is 16.6 Å². The lowest BCUT2D eigenvalue weighted by atomic mass is 10.1. The van der Waals surface area contributed by atoms with Gasteiger partial charge in [-0.3, -0.25) is 10.1 Å². The average Bonchev–Trinajstić information content (AvgIpc) is 3.11. The molecule has 8 heteroatoms. The molecule has 0 aliphatic carbocycles. The number of methoxy groups -OCH3 is 2. The molecule has 1 amide bonds. The van der Waals surface area contributed by atoms with E-state index in [0.29, 0.717) is 37.9 Å². The number of ether oxygens (including phenoxy) is 2. The van der Waals surface area contributed by atoms with Crippen molar-refractivity contribution in [3.05, 3.63) is 57.4 Å². The molecule has 5 nitrogen and oxygen atoms in total. The predicted molar refractivity (Wildman–Crippen MR) is 105 cm³/mol. The summed E-state index contributed by atoms with van der Waals surface area (Å²) < 4.78 is 10.5. The normalized spacial score (nSPS) is 10.5. The smallest absolute Gasteiger partial charge is 0.259 e.